The Labute approximate surface area is 201 Å². The van der Waals surface area contributed by atoms with Gasteiger partial charge < -0.3 is 26.2 Å². The van der Waals surface area contributed by atoms with Gasteiger partial charge >= 0.3 is 0 Å². The predicted octanol–water partition coefficient (Wildman–Crippen LogP) is 2.29. The second kappa shape index (κ2) is 9.40. The number of nitrogens with one attached hydrogen (secondary N) is 4. The summed E-state index contributed by atoms with van der Waals surface area (Å²) in [6.07, 6.45) is 2.87. The fourth-order valence-electron chi connectivity index (χ4n) is 4.93. The molecule has 2 fully saturated rings. The van der Waals surface area contributed by atoms with Crippen molar-refractivity contribution in [3.63, 3.8) is 0 Å². The van der Waals surface area contributed by atoms with E-state index in [4.69, 9.17) is 11.6 Å². The van der Waals surface area contributed by atoms with Crippen LogP contribution in [0.4, 0.5) is 14.5 Å². The highest BCUT2D eigenvalue weighted by atomic mass is 35.5. The van der Waals surface area contributed by atoms with Crippen molar-refractivity contribution in [2.45, 2.75) is 58.0 Å². The van der Waals surface area contributed by atoms with Crippen LogP contribution in [-0.4, -0.2) is 43.0 Å². The minimum Gasteiger partial charge on any atom is -0.362 e. The molecule has 4 rings (SSSR count). The average molecular weight is 496 g/mol. The Morgan fingerprint density at radius 3 is 2.35 bits per heavy atom. The first kappa shape index (κ1) is 24.3. The third kappa shape index (κ3) is 4.55. The first-order chi connectivity index (χ1) is 16.1. The van der Waals surface area contributed by atoms with Gasteiger partial charge in [0.2, 0.25) is 5.91 Å². The Morgan fingerprint density at radius 1 is 1.09 bits per heavy atom. The molecule has 0 unspecified atom stereocenters. The molecule has 0 atom stereocenters. The minimum absolute atomic E-state index is 0.00601. The summed E-state index contributed by atoms with van der Waals surface area (Å²) in [4.78, 5) is 39.9. The smallest absolute Gasteiger partial charge is 0.269 e. The average Bonchev–Trinajstić information content (AvgIpc) is 3.38. The Hall–Kier alpha value is -2.88. The highest BCUT2D eigenvalue weighted by molar-refractivity contribution is 6.34. The van der Waals surface area contributed by atoms with Crippen LogP contribution < -0.4 is 26.2 Å². The molecule has 8 nitrogen and oxygen atoms in total. The maximum absolute atomic E-state index is 13.8. The molecular formula is C23H28ClF2N5O3. The van der Waals surface area contributed by atoms with Crippen LogP contribution in [0.2, 0.25) is 5.02 Å². The third-order valence-electron chi connectivity index (χ3n) is 6.73. The summed E-state index contributed by atoms with van der Waals surface area (Å²) in [5, 5.41) is 11.5. The van der Waals surface area contributed by atoms with E-state index < -0.39 is 17.0 Å². The van der Waals surface area contributed by atoms with Crippen molar-refractivity contribution in [1.82, 2.24) is 21.3 Å². The van der Waals surface area contributed by atoms with Gasteiger partial charge in [0.05, 0.1) is 22.8 Å². The van der Waals surface area contributed by atoms with Gasteiger partial charge in [-0.1, -0.05) is 11.6 Å². The quantitative estimate of drug-likeness (QED) is 0.469. The van der Waals surface area contributed by atoms with Crippen LogP contribution >= 0.6 is 11.6 Å². The number of nitrogens with zero attached hydrogens (tertiary/aromatic N) is 1. The van der Waals surface area contributed by atoms with E-state index in [1.165, 1.54) is 4.90 Å². The normalized spacial score (nSPS) is 24.5. The van der Waals surface area contributed by atoms with Gasteiger partial charge in [0.15, 0.2) is 11.6 Å². The third-order valence-corrected chi connectivity index (χ3v) is 7.03. The second-order valence-corrected chi connectivity index (χ2v) is 9.77. The number of carbonyl (C=O) groups excluding carboxylic acids is 3. The number of hydrogen-bond acceptors (Lipinski definition) is 5. The fourth-order valence-corrected chi connectivity index (χ4v) is 5.18. The Kier molecular flexibility index (Phi) is 6.71. The van der Waals surface area contributed by atoms with E-state index in [2.05, 4.69) is 21.3 Å². The maximum atomic E-state index is 13.8. The second-order valence-electron chi connectivity index (χ2n) is 9.36. The number of rotatable bonds is 5. The molecular weight excluding hydrogens is 468 g/mol. The van der Waals surface area contributed by atoms with Crippen molar-refractivity contribution < 1.29 is 23.2 Å². The molecule has 3 aliphatic rings. The standard InChI is InChI=1S/C23H28ClF2N5O3/c1-12(2)29-20(32)18-19(28-11-27-18)21(33)30-13-3-5-23(6-4-13)7-8-31(22(23)34)17-10-16(26)15(25)9-14(17)24/h9-10,12-13,27-28H,3-8,11H2,1-2H3,(H,29,32)(H,30,33). The number of hydrogen-bond donors (Lipinski definition) is 4. The molecule has 0 bridgehead atoms. The number of amides is 3. The topological polar surface area (TPSA) is 103 Å². The summed E-state index contributed by atoms with van der Waals surface area (Å²) >= 11 is 6.09. The Morgan fingerprint density at radius 2 is 1.71 bits per heavy atom. The lowest BCUT2D eigenvalue weighted by Crippen LogP contribution is -2.45. The Balaban J connectivity index is 1.39. The maximum Gasteiger partial charge on any atom is 0.269 e. The summed E-state index contributed by atoms with van der Waals surface area (Å²) < 4.78 is 27.2. The Bertz CT molecular complexity index is 1050. The first-order valence-electron chi connectivity index (χ1n) is 11.4. The van der Waals surface area contributed by atoms with E-state index in [-0.39, 0.29) is 58.6 Å². The highest BCUT2D eigenvalue weighted by Crippen LogP contribution is 2.47. The van der Waals surface area contributed by atoms with Gasteiger partial charge in [-0.2, -0.15) is 0 Å². The lowest BCUT2D eigenvalue weighted by atomic mass is 9.71. The van der Waals surface area contributed by atoms with E-state index in [0.717, 1.165) is 12.1 Å². The van der Waals surface area contributed by atoms with Crippen LogP contribution in [0.3, 0.4) is 0 Å². The van der Waals surface area contributed by atoms with Crippen molar-refractivity contribution in [3.05, 3.63) is 40.2 Å². The zero-order valence-corrected chi connectivity index (χ0v) is 19.8. The van der Waals surface area contributed by atoms with Crippen molar-refractivity contribution >= 4 is 35.0 Å². The van der Waals surface area contributed by atoms with Crippen molar-refractivity contribution in [1.29, 1.82) is 0 Å². The summed E-state index contributed by atoms with van der Waals surface area (Å²) in [6.45, 7) is 4.33. The molecule has 4 N–H and O–H groups in total. The molecule has 2 aliphatic heterocycles. The van der Waals surface area contributed by atoms with Gasteiger partial charge in [-0.25, -0.2) is 8.78 Å². The van der Waals surface area contributed by atoms with Gasteiger partial charge in [0, 0.05) is 24.7 Å². The van der Waals surface area contributed by atoms with Crippen LogP contribution in [-0.2, 0) is 14.4 Å². The van der Waals surface area contributed by atoms with Gasteiger partial charge in [-0.3, -0.25) is 14.4 Å². The molecule has 0 aromatic heterocycles. The predicted molar refractivity (Wildman–Crippen MR) is 123 cm³/mol. The first-order valence-corrected chi connectivity index (χ1v) is 11.8. The molecule has 1 saturated heterocycles. The van der Waals surface area contributed by atoms with E-state index >= 15 is 0 Å². The van der Waals surface area contributed by atoms with Crippen molar-refractivity contribution in [2.75, 3.05) is 18.1 Å². The molecule has 11 heteroatoms. The minimum atomic E-state index is -1.06. The van der Waals surface area contributed by atoms with Gasteiger partial charge in [0.25, 0.3) is 11.8 Å². The van der Waals surface area contributed by atoms with Crippen molar-refractivity contribution in [2.24, 2.45) is 5.41 Å². The zero-order chi connectivity index (χ0) is 24.6. The number of carbonyl (C=O) groups is 3. The fraction of sp³-hybridized carbons (Fsp3) is 0.522. The SMILES string of the molecule is CC(C)NC(=O)C1=C(C(=O)NC2CCC3(CC2)CCN(c2cc(F)c(F)cc2Cl)C3=O)NCN1. The number of halogens is 3. The molecule has 0 radical (unpaired) electrons. The van der Waals surface area contributed by atoms with E-state index in [0.29, 0.717) is 38.6 Å². The van der Waals surface area contributed by atoms with Crippen LogP contribution in [0.1, 0.15) is 46.0 Å². The van der Waals surface area contributed by atoms with Gasteiger partial charge in [0.1, 0.15) is 11.4 Å². The van der Waals surface area contributed by atoms with Crippen LogP contribution in [0.5, 0.6) is 0 Å². The molecule has 34 heavy (non-hydrogen) atoms. The highest BCUT2D eigenvalue weighted by Gasteiger charge is 2.49. The van der Waals surface area contributed by atoms with Crippen LogP contribution in [0, 0.1) is 17.0 Å². The molecule has 3 amide bonds. The molecule has 1 aromatic carbocycles. The largest absolute Gasteiger partial charge is 0.362 e. The molecule has 1 saturated carbocycles. The molecule has 1 spiro atoms. The molecule has 184 valence electrons. The molecule has 1 aromatic rings. The van der Waals surface area contributed by atoms with Crippen LogP contribution in [0.25, 0.3) is 0 Å². The van der Waals surface area contributed by atoms with E-state index in [1.807, 2.05) is 13.8 Å². The lowest BCUT2D eigenvalue weighted by Gasteiger charge is -2.36. The monoisotopic (exact) mass is 495 g/mol. The zero-order valence-electron chi connectivity index (χ0n) is 19.1. The summed E-state index contributed by atoms with van der Waals surface area (Å²) in [7, 11) is 0. The number of anilines is 1. The molecule has 1 aliphatic carbocycles. The lowest BCUT2D eigenvalue weighted by molar-refractivity contribution is -0.127. The summed E-state index contributed by atoms with van der Waals surface area (Å²) in [5.74, 6) is -2.97. The number of benzene rings is 1. The van der Waals surface area contributed by atoms with E-state index in [9.17, 15) is 23.2 Å². The summed E-state index contributed by atoms with van der Waals surface area (Å²) in [6, 6.07) is 1.64. The van der Waals surface area contributed by atoms with Gasteiger partial charge in [-0.05, 0) is 52.0 Å². The van der Waals surface area contributed by atoms with Gasteiger partial charge in [-0.15, -0.1) is 0 Å². The summed E-state index contributed by atoms with van der Waals surface area (Å²) in [5.41, 5.74) is -0.0145. The van der Waals surface area contributed by atoms with Crippen LogP contribution in [0.15, 0.2) is 23.5 Å². The molecule has 2 heterocycles. The van der Waals surface area contributed by atoms with E-state index in [1.54, 1.807) is 0 Å². The van der Waals surface area contributed by atoms with Crippen molar-refractivity contribution in [3.8, 4) is 0 Å².